The monoisotopic (exact) mass is 340 g/mol. The van der Waals surface area contributed by atoms with E-state index in [2.05, 4.69) is 4.90 Å². The number of hydrogen-bond acceptors (Lipinski definition) is 4. The number of aromatic carboxylic acids is 1. The van der Waals surface area contributed by atoms with Gasteiger partial charge in [-0.2, -0.15) is 0 Å². The summed E-state index contributed by atoms with van der Waals surface area (Å²) < 4.78 is 5.72. The van der Waals surface area contributed by atoms with Gasteiger partial charge >= 0.3 is 5.97 Å². The van der Waals surface area contributed by atoms with Crippen LogP contribution in [0.15, 0.2) is 24.3 Å². The van der Waals surface area contributed by atoms with Crippen molar-refractivity contribution in [1.29, 1.82) is 0 Å². The summed E-state index contributed by atoms with van der Waals surface area (Å²) in [5.74, 6) is -0.270. The van der Waals surface area contributed by atoms with E-state index in [1.807, 2.05) is 38.1 Å². The van der Waals surface area contributed by atoms with Crippen LogP contribution in [0.2, 0.25) is 0 Å². The Kier molecular flexibility index (Phi) is 3.91. The standard InChI is InChI=1S/C20H24N2O3/c1-3-25-14-10-20(11-14)8-9-22(12-20)18-17(19(23)24)13(2)15-6-4-5-7-16(15)21-18/h4-7,14H,3,8-12H2,1-2H3,(H,23,24). The molecular formula is C20H24N2O3. The predicted octanol–water partition coefficient (Wildman–Crippen LogP) is 3.64. The molecule has 1 N–H and O–H groups in total. The molecule has 0 radical (unpaired) electrons. The van der Waals surface area contributed by atoms with Gasteiger partial charge in [0.05, 0.1) is 11.6 Å². The molecule has 2 aliphatic rings. The predicted molar refractivity (Wildman–Crippen MR) is 97.4 cm³/mol. The number of carbonyl (C=O) groups is 1. The van der Waals surface area contributed by atoms with Crippen molar-refractivity contribution in [3.63, 3.8) is 0 Å². The molecule has 1 spiro atoms. The minimum absolute atomic E-state index is 0.275. The van der Waals surface area contributed by atoms with E-state index in [1.165, 1.54) is 0 Å². The lowest BCUT2D eigenvalue weighted by Gasteiger charge is -2.44. The largest absolute Gasteiger partial charge is 0.478 e. The van der Waals surface area contributed by atoms with Crippen molar-refractivity contribution in [2.45, 2.75) is 39.2 Å². The summed E-state index contributed by atoms with van der Waals surface area (Å²) in [6, 6.07) is 7.77. The first-order chi connectivity index (χ1) is 12.0. The van der Waals surface area contributed by atoms with Crippen molar-refractivity contribution < 1.29 is 14.6 Å². The van der Waals surface area contributed by atoms with Crippen molar-refractivity contribution in [2.75, 3.05) is 24.6 Å². The molecule has 0 unspecified atom stereocenters. The smallest absolute Gasteiger partial charge is 0.339 e. The first-order valence-corrected chi connectivity index (χ1v) is 9.02. The summed E-state index contributed by atoms with van der Waals surface area (Å²) in [6.45, 7) is 6.43. The third kappa shape index (κ3) is 2.67. The van der Waals surface area contributed by atoms with Crippen LogP contribution in [0, 0.1) is 12.3 Å². The fourth-order valence-electron chi connectivity index (χ4n) is 4.55. The van der Waals surface area contributed by atoms with Gasteiger partial charge in [0.1, 0.15) is 11.4 Å². The second-order valence-corrected chi connectivity index (χ2v) is 7.41. The zero-order chi connectivity index (χ0) is 17.6. The maximum atomic E-state index is 11.9. The van der Waals surface area contributed by atoms with E-state index in [1.54, 1.807) is 0 Å². The Morgan fingerprint density at radius 1 is 1.40 bits per heavy atom. The maximum Gasteiger partial charge on any atom is 0.339 e. The molecule has 1 saturated heterocycles. The lowest BCUT2D eigenvalue weighted by Crippen LogP contribution is -2.44. The zero-order valence-electron chi connectivity index (χ0n) is 14.8. The topological polar surface area (TPSA) is 62.7 Å². The highest BCUT2D eigenvalue weighted by Gasteiger charge is 2.49. The Bertz CT molecular complexity index is 827. The molecule has 1 aliphatic carbocycles. The fourth-order valence-corrected chi connectivity index (χ4v) is 4.55. The summed E-state index contributed by atoms with van der Waals surface area (Å²) in [6.07, 6.45) is 3.61. The first kappa shape index (κ1) is 16.3. The number of aromatic nitrogens is 1. The van der Waals surface area contributed by atoms with Crippen LogP contribution in [0.4, 0.5) is 5.82 Å². The fraction of sp³-hybridized carbons (Fsp3) is 0.500. The molecular weight excluding hydrogens is 316 g/mol. The van der Waals surface area contributed by atoms with Crippen molar-refractivity contribution in [3.05, 3.63) is 35.4 Å². The molecule has 4 rings (SSSR count). The van der Waals surface area contributed by atoms with Crippen LogP contribution in [0.25, 0.3) is 10.9 Å². The van der Waals surface area contributed by atoms with Crippen LogP contribution in [-0.4, -0.2) is 41.9 Å². The molecule has 2 heterocycles. The number of carboxylic acids is 1. The van der Waals surface area contributed by atoms with Crippen molar-refractivity contribution in [2.24, 2.45) is 5.41 Å². The van der Waals surface area contributed by atoms with Crippen molar-refractivity contribution in [3.8, 4) is 0 Å². The van der Waals surface area contributed by atoms with Gasteiger partial charge in [0.15, 0.2) is 0 Å². The normalized spacial score (nSPS) is 25.5. The maximum absolute atomic E-state index is 11.9. The molecule has 5 heteroatoms. The van der Waals surface area contributed by atoms with Crippen LogP contribution in [0.3, 0.4) is 0 Å². The minimum atomic E-state index is -0.896. The van der Waals surface area contributed by atoms with Gasteiger partial charge in [0, 0.05) is 25.1 Å². The van der Waals surface area contributed by atoms with Crippen LogP contribution in [-0.2, 0) is 4.74 Å². The Balaban J connectivity index is 1.68. The van der Waals surface area contributed by atoms with Crippen LogP contribution in [0.5, 0.6) is 0 Å². The zero-order valence-corrected chi connectivity index (χ0v) is 14.8. The first-order valence-electron chi connectivity index (χ1n) is 9.02. The molecule has 1 saturated carbocycles. The number of rotatable bonds is 4. The molecule has 1 aliphatic heterocycles. The molecule has 0 atom stereocenters. The van der Waals surface area contributed by atoms with E-state index >= 15 is 0 Å². The lowest BCUT2D eigenvalue weighted by atomic mass is 9.66. The van der Waals surface area contributed by atoms with E-state index < -0.39 is 5.97 Å². The average molecular weight is 340 g/mol. The number of aryl methyl sites for hydroxylation is 1. The van der Waals surface area contributed by atoms with Crippen LogP contribution >= 0.6 is 0 Å². The Morgan fingerprint density at radius 3 is 2.88 bits per heavy atom. The Labute approximate surface area is 147 Å². The number of ether oxygens (including phenoxy) is 1. The Hall–Kier alpha value is -2.14. The molecule has 0 bridgehead atoms. The number of hydrogen-bond donors (Lipinski definition) is 1. The number of fused-ring (bicyclic) bond motifs is 1. The van der Waals surface area contributed by atoms with Gasteiger partial charge in [-0.15, -0.1) is 0 Å². The Morgan fingerprint density at radius 2 is 2.16 bits per heavy atom. The average Bonchev–Trinajstić information content (AvgIpc) is 2.99. The molecule has 25 heavy (non-hydrogen) atoms. The number of anilines is 1. The molecule has 1 aromatic carbocycles. The molecule has 2 fully saturated rings. The number of pyridine rings is 1. The van der Waals surface area contributed by atoms with Gasteiger partial charge in [-0.3, -0.25) is 0 Å². The van der Waals surface area contributed by atoms with Crippen LogP contribution in [0.1, 0.15) is 42.1 Å². The quantitative estimate of drug-likeness (QED) is 0.921. The van der Waals surface area contributed by atoms with E-state index in [9.17, 15) is 9.90 Å². The third-order valence-corrected chi connectivity index (χ3v) is 5.81. The second-order valence-electron chi connectivity index (χ2n) is 7.41. The summed E-state index contributed by atoms with van der Waals surface area (Å²) >= 11 is 0. The highest BCUT2D eigenvalue weighted by Crippen LogP contribution is 2.50. The van der Waals surface area contributed by atoms with Gasteiger partial charge in [-0.1, -0.05) is 18.2 Å². The highest BCUT2D eigenvalue weighted by molar-refractivity contribution is 6.01. The van der Waals surface area contributed by atoms with Gasteiger partial charge in [-0.25, -0.2) is 9.78 Å². The summed E-state index contributed by atoms with van der Waals surface area (Å²) in [4.78, 5) is 18.8. The third-order valence-electron chi connectivity index (χ3n) is 5.81. The summed E-state index contributed by atoms with van der Waals surface area (Å²) in [5.41, 5.74) is 2.28. The number of benzene rings is 1. The van der Waals surface area contributed by atoms with Gasteiger partial charge in [0.2, 0.25) is 0 Å². The van der Waals surface area contributed by atoms with Gasteiger partial charge in [-0.05, 0) is 50.2 Å². The van der Waals surface area contributed by atoms with Crippen molar-refractivity contribution in [1.82, 2.24) is 4.98 Å². The van der Waals surface area contributed by atoms with Gasteiger partial charge < -0.3 is 14.7 Å². The number of nitrogens with zero attached hydrogens (tertiary/aromatic N) is 2. The van der Waals surface area contributed by atoms with E-state index in [0.29, 0.717) is 17.5 Å². The molecule has 132 valence electrons. The number of carboxylic acid groups (broad SMARTS) is 1. The molecule has 0 amide bonds. The minimum Gasteiger partial charge on any atom is -0.478 e. The van der Waals surface area contributed by atoms with E-state index in [-0.39, 0.29) is 5.41 Å². The lowest BCUT2D eigenvalue weighted by molar-refractivity contribution is -0.0669. The molecule has 5 nitrogen and oxygen atoms in total. The molecule has 1 aromatic heterocycles. The summed E-state index contributed by atoms with van der Waals surface area (Å²) in [5, 5.41) is 10.7. The SMILES string of the molecule is CCOC1CC2(CCN(c3nc4ccccc4c(C)c3C(=O)O)C2)C1. The molecule has 2 aromatic rings. The second kappa shape index (κ2) is 5.99. The highest BCUT2D eigenvalue weighted by atomic mass is 16.5. The van der Waals surface area contributed by atoms with E-state index in [0.717, 1.165) is 55.4 Å². The van der Waals surface area contributed by atoms with E-state index in [4.69, 9.17) is 9.72 Å². The van der Waals surface area contributed by atoms with Gasteiger partial charge in [0.25, 0.3) is 0 Å². The van der Waals surface area contributed by atoms with Crippen LogP contribution < -0.4 is 4.90 Å². The van der Waals surface area contributed by atoms with Crippen molar-refractivity contribution >= 4 is 22.7 Å². The number of para-hydroxylation sites is 1. The summed E-state index contributed by atoms with van der Waals surface area (Å²) in [7, 11) is 0.